The SMILES string of the molecule is O=C(CC(=O)SCc1ccc2ccccc2c1)SCc1ccc2ccccc2c1. The number of rotatable bonds is 6. The van der Waals surface area contributed by atoms with Gasteiger partial charge in [0, 0.05) is 11.5 Å². The molecule has 0 heterocycles. The molecule has 0 aliphatic rings. The number of hydrogen-bond acceptors (Lipinski definition) is 4. The number of fused-ring (bicyclic) bond motifs is 2. The molecule has 0 saturated carbocycles. The molecule has 0 N–H and O–H groups in total. The topological polar surface area (TPSA) is 34.1 Å². The van der Waals surface area contributed by atoms with Crippen molar-refractivity contribution in [1.82, 2.24) is 0 Å². The van der Waals surface area contributed by atoms with Crippen LogP contribution in [-0.2, 0) is 21.1 Å². The van der Waals surface area contributed by atoms with Gasteiger partial charge in [0.05, 0.1) is 6.42 Å². The molecule has 4 aromatic carbocycles. The molecule has 29 heavy (non-hydrogen) atoms. The number of carbonyl (C=O) groups excluding carboxylic acids is 2. The van der Waals surface area contributed by atoms with Gasteiger partial charge in [-0.25, -0.2) is 0 Å². The van der Waals surface area contributed by atoms with E-state index in [1.807, 2.05) is 36.4 Å². The highest BCUT2D eigenvalue weighted by atomic mass is 32.2. The fourth-order valence-electron chi connectivity index (χ4n) is 3.20. The molecule has 0 unspecified atom stereocenters. The summed E-state index contributed by atoms with van der Waals surface area (Å²) in [5, 5.41) is 4.56. The molecule has 0 saturated heterocycles. The normalized spacial score (nSPS) is 11.0. The lowest BCUT2D eigenvalue weighted by Crippen LogP contribution is -2.01. The van der Waals surface area contributed by atoms with Gasteiger partial charge in [0.15, 0.2) is 10.2 Å². The van der Waals surface area contributed by atoms with Crippen molar-refractivity contribution < 1.29 is 9.59 Å². The maximum atomic E-state index is 12.2. The summed E-state index contributed by atoms with van der Waals surface area (Å²) in [7, 11) is 0. The Labute approximate surface area is 178 Å². The van der Waals surface area contributed by atoms with Gasteiger partial charge in [-0.05, 0) is 32.7 Å². The van der Waals surface area contributed by atoms with Crippen LogP contribution in [0.4, 0.5) is 0 Å². The number of carbonyl (C=O) groups is 2. The number of benzene rings is 4. The third-order valence-electron chi connectivity index (χ3n) is 4.72. The van der Waals surface area contributed by atoms with Crippen molar-refractivity contribution in [2.24, 2.45) is 0 Å². The lowest BCUT2D eigenvalue weighted by atomic mass is 10.1. The monoisotopic (exact) mass is 416 g/mol. The quantitative estimate of drug-likeness (QED) is 0.332. The average Bonchev–Trinajstić information content (AvgIpc) is 2.76. The van der Waals surface area contributed by atoms with Crippen LogP contribution < -0.4 is 0 Å². The van der Waals surface area contributed by atoms with Crippen LogP contribution in [0.1, 0.15) is 17.5 Å². The maximum absolute atomic E-state index is 12.2. The van der Waals surface area contributed by atoms with Crippen LogP contribution in [0.3, 0.4) is 0 Å². The number of hydrogen-bond donors (Lipinski definition) is 0. The second-order valence-corrected chi connectivity index (χ2v) is 8.93. The van der Waals surface area contributed by atoms with Crippen LogP contribution in [0, 0.1) is 0 Å². The van der Waals surface area contributed by atoms with E-state index in [1.54, 1.807) is 0 Å². The Morgan fingerprint density at radius 2 is 0.966 bits per heavy atom. The molecule has 0 aromatic heterocycles. The van der Waals surface area contributed by atoms with Gasteiger partial charge in [0.2, 0.25) is 0 Å². The minimum absolute atomic E-state index is 0.0313. The summed E-state index contributed by atoms with van der Waals surface area (Å²) in [6, 6.07) is 28.8. The van der Waals surface area contributed by atoms with E-state index in [9.17, 15) is 9.59 Å². The molecule has 0 radical (unpaired) electrons. The Hall–Kier alpha value is -2.56. The second kappa shape index (κ2) is 9.29. The summed E-state index contributed by atoms with van der Waals surface area (Å²) in [4.78, 5) is 24.4. The fraction of sp³-hybridized carbons (Fsp3) is 0.120. The average molecular weight is 417 g/mol. The first-order valence-electron chi connectivity index (χ1n) is 9.44. The molecule has 144 valence electrons. The van der Waals surface area contributed by atoms with Gasteiger partial charge < -0.3 is 0 Å². The Morgan fingerprint density at radius 1 is 0.552 bits per heavy atom. The lowest BCUT2D eigenvalue weighted by molar-refractivity contribution is -0.117. The van der Waals surface area contributed by atoms with Crippen molar-refractivity contribution in [3.63, 3.8) is 0 Å². The summed E-state index contributed by atoms with van der Waals surface area (Å²) >= 11 is 2.43. The summed E-state index contributed by atoms with van der Waals surface area (Å²) in [5.74, 6) is 1.18. The van der Waals surface area contributed by atoms with Crippen LogP contribution >= 0.6 is 23.5 Å². The zero-order chi connectivity index (χ0) is 20.1. The minimum Gasteiger partial charge on any atom is -0.287 e. The molecule has 4 rings (SSSR count). The summed E-state index contributed by atoms with van der Waals surface area (Å²) in [5.41, 5.74) is 2.19. The summed E-state index contributed by atoms with van der Waals surface area (Å²) < 4.78 is 0. The molecule has 0 bridgehead atoms. The van der Waals surface area contributed by atoms with E-state index in [2.05, 4.69) is 48.5 Å². The second-order valence-electron chi connectivity index (χ2n) is 6.86. The fourth-order valence-corrected chi connectivity index (χ4v) is 4.78. The molecule has 0 spiro atoms. The minimum atomic E-state index is -0.0748. The molecule has 4 heteroatoms. The van der Waals surface area contributed by atoms with Crippen LogP contribution in [0.15, 0.2) is 84.9 Å². The van der Waals surface area contributed by atoms with Gasteiger partial charge in [-0.2, -0.15) is 0 Å². The molecule has 0 aliphatic carbocycles. The smallest absolute Gasteiger partial charge is 0.197 e. The Kier molecular flexibility index (Phi) is 6.33. The van der Waals surface area contributed by atoms with Gasteiger partial charge in [-0.1, -0.05) is 108 Å². The highest BCUT2D eigenvalue weighted by Gasteiger charge is 2.12. The predicted octanol–water partition coefficient (Wildman–Crippen LogP) is 6.60. The molecule has 0 atom stereocenters. The lowest BCUT2D eigenvalue weighted by Gasteiger charge is -2.05. The highest BCUT2D eigenvalue weighted by Crippen LogP contribution is 2.23. The van der Waals surface area contributed by atoms with Crippen molar-refractivity contribution >= 4 is 55.3 Å². The van der Waals surface area contributed by atoms with E-state index in [0.717, 1.165) is 11.1 Å². The first-order valence-corrected chi connectivity index (χ1v) is 11.4. The van der Waals surface area contributed by atoms with Gasteiger partial charge >= 0.3 is 0 Å². The maximum Gasteiger partial charge on any atom is 0.197 e. The standard InChI is InChI=1S/C25H20O2S2/c26-24(28-16-18-9-11-20-5-1-3-7-22(20)13-18)15-25(27)29-17-19-10-12-21-6-2-4-8-23(21)14-19/h1-14H,15-17H2. The van der Waals surface area contributed by atoms with E-state index in [0.29, 0.717) is 11.5 Å². The molecule has 0 aliphatic heterocycles. The van der Waals surface area contributed by atoms with Crippen LogP contribution in [0.25, 0.3) is 21.5 Å². The number of thioether (sulfide) groups is 2. The van der Waals surface area contributed by atoms with Crippen molar-refractivity contribution in [2.75, 3.05) is 0 Å². The first kappa shape index (κ1) is 19.7. The Bertz CT molecular complexity index is 1090. The zero-order valence-corrected chi connectivity index (χ0v) is 17.5. The molecule has 2 nitrogen and oxygen atoms in total. The van der Waals surface area contributed by atoms with Gasteiger partial charge in [0.1, 0.15) is 0 Å². The van der Waals surface area contributed by atoms with Crippen LogP contribution in [0.2, 0.25) is 0 Å². The van der Waals surface area contributed by atoms with Crippen LogP contribution in [0.5, 0.6) is 0 Å². The Morgan fingerprint density at radius 3 is 1.41 bits per heavy atom. The van der Waals surface area contributed by atoms with Crippen molar-refractivity contribution in [3.05, 3.63) is 96.1 Å². The third-order valence-corrected chi connectivity index (χ3v) is 6.60. The van der Waals surface area contributed by atoms with Gasteiger partial charge in [-0.3, -0.25) is 9.59 Å². The van der Waals surface area contributed by atoms with Crippen LogP contribution in [-0.4, -0.2) is 10.2 Å². The van der Waals surface area contributed by atoms with Gasteiger partial charge in [-0.15, -0.1) is 0 Å². The third kappa shape index (κ3) is 5.28. The Balaban J connectivity index is 1.26. The molecule has 0 fully saturated rings. The van der Waals surface area contributed by atoms with Crippen molar-refractivity contribution in [1.29, 1.82) is 0 Å². The zero-order valence-electron chi connectivity index (χ0n) is 15.8. The van der Waals surface area contributed by atoms with E-state index in [-0.39, 0.29) is 16.7 Å². The highest BCUT2D eigenvalue weighted by molar-refractivity contribution is 8.15. The van der Waals surface area contributed by atoms with E-state index in [4.69, 9.17) is 0 Å². The van der Waals surface area contributed by atoms with E-state index in [1.165, 1.54) is 45.1 Å². The molecular weight excluding hydrogens is 396 g/mol. The largest absolute Gasteiger partial charge is 0.287 e. The summed E-state index contributed by atoms with van der Waals surface area (Å²) in [6.45, 7) is 0. The van der Waals surface area contributed by atoms with Gasteiger partial charge in [0.25, 0.3) is 0 Å². The van der Waals surface area contributed by atoms with E-state index < -0.39 is 0 Å². The molecule has 4 aromatic rings. The molecule has 0 amide bonds. The van der Waals surface area contributed by atoms with E-state index >= 15 is 0 Å². The summed E-state index contributed by atoms with van der Waals surface area (Å²) in [6.07, 6.45) is -0.0313. The van der Waals surface area contributed by atoms with Crippen molar-refractivity contribution in [2.45, 2.75) is 17.9 Å². The molecular formula is C25H20O2S2. The predicted molar refractivity (Wildman–Crippen MR) is 125 cm³/mol. The van der Waals surface area contributed by atoms with Crippen molar-refractivity contribution in [3.8, 4) is 0 Å². The first-order chi connectivity index (χ1) is 14.2.